The molecule has 0 saturated carbocycles. The number of aliphatic imine (C=N–C) groups is 1. The minimum absolute atomic E-state index is 0.149. The summed E-state index contributed by atoms with van der Waals surface area (Å²) in [5.41, 5.74) is 6.27. The van der Waals surface area contributed by atoms with Crippen LogP contribution in [-0.2, 0) is 9.47 Å². The lowest BCUT2D eigenvalue weighted by Gasteiger charge is -2.14. The SMILES string of the molecule is NC[C@H]1CN(c2ccc(-n3cncn3)c(F)c2)C(=O)O1.O=C1O[C@@H](CN=C=S)CN1c1ccc(-n2cncn2)c(F)c1.O=c1ccccn1C(=S)n1ccccc1=O. The van der Waals surface area contributed by atoms with Crippen molar-refractivity contribution in [2.45, 2.75) is 12.2 Å². The molecule has 2 aliphatic heterocycles. The molecule has 2 atom stereocenters. The van der Waals surface area contributed by atoms with Gasteiger partial charge in [0, 0.05) is 31.1 Å². The smallest absolute Gasteiger partial charge is 0.414 e. The largest absolute Gasteiger partial charge is 0.443 e. The Morgan fingerprint density at radius 3 is 1.64 bits per heavy atom. The lowest BCUT2D eigenvalue weighted by atomic mass is 10.2. The molecule has 4 aromatic heterocycles. The molecule has 296 valence electrons. The lowest BCUT2D eigenvalue weighted by molar-refractivity contribution is 0.144. The van der Waals surface area contributed by atoms with E-state index in [-0.39, 0.29) is 53.3 Å². The number of ether oxygens (including phenoxy) is 2. The summed E-state index contributed by atoms with van der Waals surface area (Å²) in [6, 6.07) is 18.2. The summed E-state index contributed by atoms with van der Waals surface area (Å²) < 4.78 is 43.5. The topological polar surface area (TPSA) is 203 Å². The van der Waals surface area contributed by atoms with Gasteiger partial charge in [0.25, 0.3) is 11.1 Å². The van der Waals surface area contributed by atoms with E-state index in [0.29, 0.717) is 17.9 Å². The molecule has 18 nitrogen and oxygen atoms in total. The number of carbonyl (C=O) groups excluding carboxylic acids is 2. The van der Waals surface area contributed by atoms with Crippen molar-refractivity contribution in [3.8, 4) is 11.4 Å². The van der Waals surface area contributed by atoms with E-state index in [9.17, 15) is 28.0 Å². The number of cyclic esters (lactones) is 2. The monoisotopic (exact) mass is 828 g/mol. The quantitative estimate of drug-likeness (QED) is 0.182. The summed E-state index contributed by atoms with van der Waals surface area (Å²) in [7, 11) is 0. The van der Waals surface area contributed by atoms with Gasteiger partial charge >= 0.3 is 12.2 Å². The van der Waals surface area contributed by atoms with Gasteiger partial charge in [0.1, 0.15) is 48.9 Å². The predicted molar refractivity (Wildman–Crippen MR) is 212 cm³/mol. The standard InChI is InChI=1S/C13H10FN5O2S.C12H12FN5O2.C11H8N2O2S/c14-11-3-9(1-2-12(11)19-7-16-6-17-19)18-5-10(4-15-8-22)21-13(18)20;13-10-3-8(17-5-9(4-14)20-12(17)19)1-2-11(10)18-7-15-6-16-18;14-9-5-1-3-7-12(9)11(16)13-8-4-2-6-10(13)15/h1-3,6-7,10H,4-5H2;1-3,6-7,9H,4-5,14H2;1-8H/t10-;9-;/m00./s1. The average molecular weight is 829 g/mol. The molecule has 0 bridgehead atoms. The minimum Gasteiger partial charge on any atom is -0.443 e. The maximum absolute atomic E-state index is 14.2. The summed E-state index contributed by atoms with van der Waals surface area (Å²) in [5.74, 6) is -1.02. The van der Waals surface area contributed by atoms with E-state index < -0.39 is 29.9 Å². The third-order valence-electron chi connectivity index (χ3n) is 8.24. The highest BCUT2D eigenvalue weighted by atomic mass is 32.1. The Balaban J connectivity index is 0.000000149. The van der Waals surface area contributed by atoms with Crippen LogP contribution in [0, 0.1) is 11.6 Å². The first-order chi connectivity index (χ1) is 28.1. The summed E-state index contributed by atoms with van der Waals surface area (Å²) in [4.78, 5) is 60.5. The second-order valence-corrected chi connectivity index (χ2v) is 12.5. The molecule has 22 heteroatoms. The van der Waals surface area contributed by atoms with E-state index >= 15 is 0 Å². The molecule has 6 aromatic rings. The third kappa shape index (κ3) is 9.45. The van der Waals surface area contributed by atoms with E-state index in [0.717, 1.165) is 0 Å². The fourth-order valence-electron chi connectivity index (χ4n) is 5.47. The Kier molecular flexibility index (Phi) is 13.0. The van der Waals surface area contributed by atoms with Gasteiger partial charge in [-0.05, 0) is 73.0 Å². The molecule has 6 heterocycles. The number of pyridine rings is 2. The number of hydrogen-bond donors (Lipinski definition) is 1. The molecule has 0 radical (unpaired) electrons. The van der Waals surface area contributed by atoms with Crippen LogP contribution in [0.5, 0.6) is 0 Å². The molecule has 0 spiro atoms. The molecule has 8 rings (SSSR count). The molecule has 2 amide bonds. The highest BCUT2D eigenvalue weighted by Crippen LogP contribution is 2.26. The zero-order valence-corrected chi connectivity index (χ0v) is 31.5. The van der Waals surface area contributed by atoms with Gasteiger partial charge in [-0.15, -0.1) is 0 Å². The van der Waals surface area contributed by atoms with E-state index in [4.69, 9.17) is 27.4 Å². The Labute approximate surface area is 337 Å². The first-order valence-electron chi connectivity index (χ1n) is 17.0. The minimum atomic E-state index is -0.544. The maximum Gasteiger partial charge on any atom is 0.414 e. The van der Waals surface area contributed by atoms with Gasteiger partial charge in [-0.2, -0.15) is 10.2 Å². The lowest BCUT2D eigenvalue weighted by Crippen LogP contribution is -2.35. The third-order valence-corrected chi connectivity index (χ3v) is 8.77. The van der Waals surface area contributed by atoms with Crippen molar-refractivity contribution in [1.82, 2.24) is 38.7 Å². The fourth-order valence-corrected chi connectivity index (χ4v) is 5.85. The van der Waals surface area contributed by atoms with Crippen molar-refractivity contribution in [1.29, 1.82) is 0 Å². The van der Waals surface area contributed by atoms with Crippen LogP contribution in [0.1, 0.15) is 0 Å². The Bertz CT molecular complexity index is 2530. The van der Waals surface area contributed by atoms with Gasteiger partial charge in [-0.3, -0.25) is 28.5 Å². The number of rotatable bonds is 7. The molecule has 2 aliphatic rings. The van der Waals surface area contributed by atoms with Crippen LogP contribution in [0.15, 0.2) is 125 Å². The van der Waals surface area contributed by atoms with Crippen LogP contribution in [0.25, 0.3) is 11.4 Å². The maximum atomic E-state index is 14.2. The molecule has 0 aliphatic carbocycles. The van der Waals surface area contributed by atoms with Crippen LogP contribution in [0.2, 0.25) is 0 Å². The van der Waals surface area contributed by atoms with Crippen LogP contribution >= 0.6 is 24.4 Å². The van der Waals surface area contributed by atoms with Crippen molar-refractivity contribution >= 4 is 58.3 Å². The van der Waals surface area contributed by atoms with Crippen molar-refractivity contribution in [3.63, 3.8) is 0 Å². The average Bonchev–Trinajstić information content (AvgIpc) is 4.07. The number of benzene rings is 2. The number of hydrogen-bond acceptors (Lipinski definition) is 14. The van der Waals surface area contributed by atoms with Crippen LogP contribution in [0.3, 0.4) is 0 Å². The summed E-state index contributed by atoms with van der Waals surface area (Å²) in [6.07, 6.45) is 6.64. The molecule has 2 fully saturated rings. The van der Waals surface area contributed by atoms with E-state index in [1.807, 2.05) is 0 Å². The van der Waals surface area contributed by atoms with Crippen molar-refractivity contribution < 1.29 is 27.8 Å². The molecular formula is C36H30F2N12O6S2. The van der Waals surface area contributed by atoms with Crippen molar-refractivity contribution in [2.75, 3.05) is 36.0 Å². The van der Waals surface area contributed by atoms with Gasteiger partial charge in [0.2, 0.25) is 0 Å². The normalized spacial score (nSPS) is 15.6. The number of halogens is 2. The van der Waals surface area contributed by atoms with Crippen molar-refractivity contribution in [2.24, 2.45) is 10.7 Å². The Hall–Kier alpha value is -7.13. The van der Waals surface area contributed by atoms with Gasteiger partial charge < -0.3 is 15.2 Å². The van der Waals surface area contributed by atoms with Gasteiger partial charge in [-0.25, -0.2) is 42.7 Å². The zero-order valence-electron chi connectivity index (χ0n) is 29.9. The number of carbonyl (C=O) groups is 2. The second-order valence-electron chi connectivity index (χ2n) is 12.0. The molecular weight excluding hydrogens is 799 g/mol. The van der Waals surface area contributed by atoms with E-state index in [1.165, 1.54) is 102 Å². The summed E-state index contributed by atoms with van der Waals surface area (Å²) in [5, 5.41) is 10.1. The number of anilines is 2. The molecule has 2 N–H and O–H groups in total. The first-order valence-corrected chi connectivity index (χ1v) is 17.8. The fraction of sp³-hybridized carbons (Fsp3) is 0.167. The highest BCUT2D eigenvalue weighted by molar-refractivity contribution is 7.80. The number of amides is 2. The molecule has 0 unspecified atom stereocenters. The molecule has 58 heavy (non-hydrogen) atoms. The van der Waals surface area contributed by atoms with Gasteiger partial charge in [0.15, 0.2) is 16.7 Å². The zero-order chi connectivity index (χ0) is 41.2. The summed E-state index contributed by atoms with van der Waals surface area (Å²) >= 11 is 9.56. The second kappa shape index (κ2) is 18.7. The van der Waals surface area contributed by atoms with Crippen LogP contribution in [0.4, 0.5) is 29.7 Å². The molecule has 2 saturated heterocycles. The van der Waals surface area contributed by atoms with Gasteiger partial charge in [-0.1, -0.05) is 12.1 Å². The highest BCUT2D eigenvalue weighted by Gasteiger charge is 2.33. The summed E-state index contributed by atoms with van der Waals surface area (Å²) in [6.45, 7) is 1.08. The Morgan fingerprint density at radius 2 is 1.24 bits per heavy atom. The van der Waals surface area contributed by atoms with Crippen LogP contribution in [-0.4, -0.2) is 99.5 Å². The Morgan fingerprint density at radius 1 is 0.759 bits per heavy atom. The number of thiocarbonyl (C=S) groups is 2. The van der Waals surface area contributed by atoms with Crippen LogP contribution < -0.4 is 26.7 Å². The van der Waals surface area contributed by atoms with E-state index in [1.54, 1.807) is 36.4 Å². The number of nitrogens with zero attached hydrogens (tertiary/aromatic N) is 11. The predicted octanol–water partition coefficient (Wildman–Crippen LogP) is 3.22. The number of isothiocyanates is 1. The number of nitrogens with two attached hydrogens (primary N) is 1. The van der Waals surface area contributed by atoms with Gasteiger partial charge in [0.05, 0.1) is 36.2 Å². The van der Waals surface area contributed by atoms with Crippen molar-refractivity contribution in [3.05, 3.63) is 143 Å². The first kappa shape index (κ1) is 40.5. The molecule has 2 aromatic carbocycles. The number of aromatic nitrogens is 8. The van der Waals surface area contributed by atoms with E-state index in [2.05, 4.69) is 42.5 Å².